The molecule has 1 fully saturated rings. The van der Waals surface area contributed by atoms with E-state index in [4.69, 9.17) is 0 Å². The Morgan fingerprint density at radius 3 is 2.63 bits per heavy atom. The van der Waals surface area contributed by atoms with Crippen molar-refractivity contribution in [3.63, 3.8) is 0 Å². The summed E-state index contributed by atoms with van der Waals surface area (Å²) in [6.07, 6.45) is 0. The van der Waals surface area contributed by atoms with Crippen LogP contribution in [0.25, 0.3) is 10.2 Å². The fourth-order valence-corrected chi connectivity index (χ4v) is 3.96. The molecule has 0 bridgehead atoms. The van der Waals surface area contributed by atoms with Gasteiger partial charge in [0.25, 0.3) is 5.69 Å². The Kier molecular flexibility index (Phi) is 5.61. The SMILES string of the molecule is CC(C)(C)C(=O)NCCN1CCN(c2nc3ccc([N+](=O)[O-])cc3s2)CC1. The van der Waals surface area contributed by atoms with Crippen LogP contribution in [-0.2, 0) is 4.79 Å². The van der Waals surface area contributed by atoms with Crippen LogP contribution in [-0.4, -0.2) is 60.0 Å². The molecule has 1 N–H and O–H groups in total. The quantitative estimate of drug-likeness (QED) is 0.622. The van der Waals surface area contributed by atoms with Gasteiger partial charge in [0.05, 0.1) is 15.1 Å². The molecule has 3 rings (SSSR count). The maximum absolute atomic E-state index is 11.9. The minimum absolute atomic E-state index is 0.0738. The van der Waals surface area contributed by atoms with Crippen molar-refractivity contribution in [1.82, 2.24) is 15.2 Å². The molecule has 2 heterocycles. The highest BCUT2D eigenvalue weighted by atomic mass is 32.1. The number of anilines is 1. The second-order valence-corrected chi connectivity index (χ2v) is 8.75. The number of carbonyl (C=O) groups excluding carboxylic acids is 1. The van der Waals surface area contributed by atoms with E-state index in [-0.39, 0.29) is 21.9 Å². The van der Waals surface area contributed by atoms with Crippen LogP contribution in [0, 0.1) is 15.5 Å². The summed E-state index contributed by atoms with van der Waals surface area (Å²) in [6.45, 7) is 10.7. The smallest absolute Gasteiger partial charge is 0.270 e. The lowest BCUT2D eigenvalue weighted by Gasteiger charge is -2.34. The van der Waals surface area contributed by atoms with Crippen LogP contribution in [0.5, 0.6) is 0 Å². The molecule has 0 unspecified atom stereocenters. The standard InChI is InChI=1S/C18H25N5O3S/c1-18(2,3)16(24)19-6-7-21-8-10-22(11-9-21)17-20-14-5-4-13(23(25)26)12-15(14)27-17/h4-5,12H,6-11H2,1-3H3,(H,19,24). The van der Waals surface area contributed by atoms with E-state index >= 15 is 0 Å². The molecule has 27 heavy (non-hydrogen) atoms. The molecule has 1 saturated heterocycles. The zero-order valence-electron chi connectivity index (χ0n) is 15.9. The van der Waals surface area contributed by atoms with Gasteiger partial charge >= 0.3 is 0 Å². The summed E-state index contributed by atoms with van der Waals surface area (Å²) in [5.41, 5.74) is 0.536. The zero-order chi connectivity index (χ0) is 19.6. The number of nitrogens with zero attached hydrogens (tertiary/aromatic N) is 4. The predicted molar refractivity (Wildman–Crippen MR) is 107 cm³/mol. The average Bonchev–Trinajstić information content (AvgIpc) is 3.04. The van der Waals surface area contributed by atoms with E-state index in [0.717, 1.165) is 48.1 Å². The van der Waals surface area contributed by atoms with E-state index in [1.807, 2.05) is 20.8 Å². The van der Waals surface area contributed by atoms with Crippen LogP contribution in [0.15, 0.2) is 18.2 Å². The maximum atomic E-state index is 11.9. The normalized spacial score (nSPS) is 15.9. The number of aromatic nitrogens is 1. The first-order chi connectivity index (χ1) is 12.7. The molecule has 0 saturated carbocycles. The van der Waals surface area contributed by atoms with Gasteiger partial charge in [0, 0.05) is 56.8 Å². The molecule has 1 aromatic heterocycles. The van der Waals surface area contributed by atoms with Gasteiger partial charge in [-0.25, -0.2) is 4.98 Å². The fraction of sp³-hybridized carbons (Fsp3) is 0.556. The lowest BCUT2D eigenvalue weighted by molar-refractivity contribution is -0.384. The van der Waals surface area contributed by atoms with Crippen molar-refractivity contribution in [3.05, 3.63) is 28.3 Å². The minimum atomic E-state index is -0.379. The first-order valence-electron chi connectivity index (χ1n) is 9.04. The molecule has 1 aliphatic heterocycles. The highest BCUT2D eigenvalue weighted by molar-refractivity contribution is 7.22. The molecule has 0 radical (unpaired) electrons. The highest BCUT2D eigenvalue weighted by Gasteiger charge is 2.22. The van der Waals surface area contributed by atoms with Gasteiger partial charge in [0.15, 0.2) is 5.13 Å². The van der Waals surface area contributed by atoms with Crippen molar-refractivity contribution < 1.29 is 9.72 Å². The molecule has 146 valence electrons. The van der Waals surface area contributed by atoms with Crippen molar-refractivity contribution in [1.29, 1.82) is 0 Å². The zero-order valence-corrected chi connectivity index (χ0v) is 16.7. The summed E-state index contributed by atoms with van der Waals surface area (Å²) in [4.78, 5) is 31.6. The van der Waals surface area contributed by atoms with E-state index in [2.05, 4.69) is 20.1 Å². The number of hydrogen-bond acceptors (Lipinski definition) is 7. The molecule has 0 spiro atoms. The largest absolute Gasteiger partial charge is 0.354 e. The molecule has 1 aliphatic rings. The first kappa shape index (κ1) is 19.5. The summed E-state index contributed by atoms with van der Waals surface area (Å²) in [5.74, 6) is 0.0738. The number of nitro groups is 1. The number of fused-ring (bicyclic) bond motifs is 1. The molecule has 9 heteroatoms. The molecule has 1 aromatic carbocycles. The fourth-order valence-electron chi connectivity index (χ4n) is 2.91. The van der Waals surface area contributed by atoms with Crippen LogP contribution in [0.2, 0.25) is 0 Å². The molecule has 8 nitrogen and oxygen atoms in total. The molecular weight excluding hydrogens is 366 g/mol. The van der Waals surface area contributed by atoms with Crippen LogP contribution in [0.3, 0.4) is 0 Å². The number of non-ortho nitro benzene ring substituents is 1. The lowest BCUT2D eigenvalue weighted by atomic mass is 9.96. The van der Waals surface area contributed by atoms with Gasteiger partial charge in [-0.1, -0.05) is 32.1 Å². The van der Waals surface area contributed by atoms with Crippen molar-refractivity contribution in [2.45, 2.75) is 20.8 Å². The Morgan fingerprint density at radius 2 is 2.00 bits per heavy atom. The summed E-state index contributed by atoms with van der Waals surface area (Å²) >= 11 is 1.50. The van der Waals surface area contributed by atoms with Gasteiger partial charge in [-0.2, -0.15) is 0 Å². The number of carbonyl (C=O) groups is 1. The molecular formula is C18H25N5O3S. The van der Waals surface area contributed by atoms with E-state index in [0.29, 0.717) is 6.54 Å². The van der Waals surface area contributed by atoms with Crippen LogP contribution in [0.1, 0.15) is 20.8 Å². The second-order valence-electron chi connectivity index (χ2n) is 7.74. The van der Waals surface area contributed by atoms with Gasteiger partial charge in [-0.05, 0) is 6.07 Å². The second kappa shape index (κ2) is 7.77. The lowest BCUT2D eigenvalue weighted by Crippen LogP contribution is -2.49. The number of benzene rings is 1. The summed E-state index contributed by atoms with van der Waals surface area (Å²) < 4.78 is 0.839. The Balaban J connectivity index is 1.52. The molecule has 2 aromatic rings. The van der Waals surface area contributed by atoms with Crippen molar-refractivity contribution >= 4 is 38.3 Å². The van der Waals surface area contributed by atoms with Crippen LogP contribution in [0.4, 0.5) is 10.8 Å². The van der Waals surface area contributed by atoms with E-state index in [1.54, 1.807) is 12.1 Å². The number of amides is 1. The minimum Gasteiger partial charge on any atom is -0.354 e. The number of rotatable bonds is 5. The van der Waals surface area contributed by atoms with Crippen molar-refractivity contribution in [2.24, 2.45) is 5.41 Å². The third kappa shape index (κ3) is 4.72. The highest BCUT2D eigenvalue weighted by Crippen LogP contribution is 2.31. The third-order valence-corrected chi connectivity index (χ3v) is 5.69. The first-order valence-corrected chi connectivity index (χ1v) is 9.86. The summed E-state index contributed by atoms with van der Waals surface area (Å²) in [7, 11) is 0. The van der Waals surface area contributed by atoms with Gasteiger partial charge < -0.3 is 10.2 Å². The van der Waals surface area contributed by atoms with Crippen molar-refractivity contribution in [2.75, 3.05) is 44.2 Å². The topological polar surface area (TPSA) is 91.6 Å². The Bertz CT molecular complexity index is 837. The van der Waals surface area contributed by atoms with Gasteiger partial charge in [-0.15, -0.1) is 0 Å². The van der Waals surface area contributed by atoms with E-state index in [9.17, 15) is 14.9 Å². The van der Waals surface area contributed by atoms with Gasteiger partial charge in [-0.3, -0.25) is 19.8 Å². The number of nitro benzene ring substituents is 1. The van der Waals surface area contributed by atoms with Gasteiger partial charge in [0.1, 0.15) is 0 Å². The maximum Gasteiger partial charge on any atom is 0.270 e. The summed E-state index contributed by atoms with van der Waals surface area (Å²) in [6, 6.07) is 4.79. The molecule has 1 amide bonds. The van der Waals surface area contributed by atoms with E-state index in [1.165, 1.54) is 17.4 Å². The Labute approximate surface area is 162 Å². The average molecular weight is 391 g/mol. The number of nitrogens with one attached hydrogen (secondary N) is 1. The Morgan fingerprint density at radius 1 is 1.30 bits per heavy atom. The van der Waals surface area contributed by atoms with Crippen molar-refractivity contribution in [3.8, 4) is 0 Å². The molecule has 0 aliphatic carbocycles. The summed E-state index contributed by atoms with van der Waals surface area (Å²) in [5, 5.41) is 14.8. The number of piperazine rings is 1. The number of thiazole rings is 1. The third-order valence-electron chi connectivity index (χ3n) is 4.61. The van der Waals surface area contributed by atoms with Crippen LogP contribution < -0.4 is 10.2 Å². The van der Waals surface area contributed by atoms with Crippen LogP contribution >= 0.6 is 11.3 Å². The predicted octanol–water partition coefficient (Wildman–Crippen LogP) is 2.49. The van der Waals surface area contributed by atoms with E-state index < -0.39 is 0 Å². The molecule has 0 atom stereocenters. The number of hydrogen-bond donors (Lipinski definition) is 1. The Hall–Kier alpha value is -2.26. The monoisotopic (exact) mass is 391 g/mol. The van der Waals surface area contributed by atoms with Gasteiger partial charge in [0.2, 0.25) is 5.91 Å².